The molecule has 1 atom stereocenters. The van der Waals surface area contributed by atoms with Crippen molar-refractivity contribution in [2.24, 2.45) is 0 Å². The fourth-order valence-corrected chi connectivity index (χ4v) is 2.74. The molecule has 1 unspecified atom stereocenters. The lowest BCUT2D eigenvalue weighted by molar-refractivity contribution is -0.141. The Morgan fingerprint density at radius 1 is 1.50 bits per heavy atom. The summed E-state index contributed by atoms with van der Waals surface area (Å²) >= 11 is 0. The van der Waals surface area contributed by atoms with Gasteiger partial charge in [-0.15, -0.1) is 0 Å². The molecule has 20 heavy (non-hydrogen) atoms. The van der Waals surface area contributed by atoms with Crippen molar-refractivity contribution < 1.29 is 14.6 Å². The normalized spacial score (nSPS) is 17.6. The lowest BCUT2D eigenvalue weighted by Gasteiger charge is -2.24. The fraction of sp³-hybridized carbons (Fsp3) is 0.333. The molecule has 2 heterocycles. The molecule has 0 amide bonds. The number of aliphatic carboxylic acids is 1. The Morgan fingerprint density at radius 2 is 2.35 bits per heavy atom. The maximum Gasteiger partial charge on any atom is 0.326 e. The number of carboxylic acids is 1. The number of ether oxygens (including phenoxy) is 1. The SMILES string of the molecule is COc1cccc(-c2ncc3n2C(C(=O)O)CCC3)c1. The molecule has 0 saturated carbocycles. The Bertz CT molecular complexity index is 648. The van der Waals surface area contributed by atoms with E-state index < -0.39 is 12.0 Å². The number of carbonyl (C=O) groups is 1. The molecular formula is C15H16N2O3. The standard InChI is InChI=1S/C15H16N2O3/c1-20-12-6-2-4-10(8-12)14-16-9-11-5-3-7-13(15(18)19)17(11)14/h2,4,6,8-9,13H,3,5,7H2,1H3,(H,18,19). The first-order chi connectivity index (χ1) is 9.70. The highest BCUT2D eigenvalue weighted by molar-refractivity contribution is 5.74. The molecule has 5 nitrogen and oxygen atoms in total. The number of carboxylic acid groups (broad SMARTS) is 1. The van der Waals surface area contributed by atoms with Crippen LogP contribution < -0.4 is 4.74 Å². The van der Waals surface area contributed by atoms with E-state index in [-0.39, 0.29) is 0 Å². The van der Waals surface area contributed by atoms with Crippen LogP contribution in [-0.4, -0.2) is 27.7 Å². The second-order valence-corrected chi connectivity index (χ2v) is 4.92. The first-order valence-electron chi connectivity index (χ1n) is 6.64. The minimum Gasteiger partial charge on any atom is -0.497 e. The van der Waals surface area contributed by atoms with Gasteiger partial charge in [-0.3, -0.25) is 0 Å². The summed E-state index contributed by atoms with van der Waals surface area (Å²) in [7, 11) is 1.61. The van der Waals surface area contributed by atoms with Crippen molar-refractivity contribution in [3.63, 3.8) is 0 Å². The number of nitrogens with zero attached hydrogens (tertiary/aromatic N) is 2. The summed E-state index contributed by atoms with van der Waals surface area (Å²) in [4.78, 5) is 15.9. The van der Waals surface area contributed by atoms with E-state index in [0.29, 0.717) is 12.2 Å². The lowest BCUT2D eigenvalue weighted by Crippen LogP contribution is -2.25. The molecule has 0 fully saturated rings. The molecule has 0 aliphatic carbocycles. The van der Waals surface area contributed by atoms with E-state index in [0.717, 1.165) is 29.8 Å². The van der Waals surface area contributed by atoms with Crippen LogP contribution in [0, 0.1) is 0 Å². The predicted octanol–water partition coefficient (Wildman–Crippen LogP) is 2.52. The Hall–Kier alpha value is -2.30. The minimum atomic E-state index is -0.798. The molecule has 0 saturated heterocycles. The molecule has 1 N–H and O–H groups in total. The zero-order chi connectivity index (χ0) is 14.1. The number of aryl methyl sites for hydroxylation is 1. The molecule has 1 aliphatic rings. The van der Waals surface area contributed by atoms with Crippen LogP contribution in [0.25, 0.3) is 11.4 Å². The number of methoxy groups -OCH3 is 1. The first-order valence-corrected chi connectivity index (χ1v) is 6.64. The zero-order valence-electron chi connectivity index (χ0n) is 11.2. The monoisotopic (exact) mass is 272 g/mol. The van der Waals surface area contributed by atoms with Crippen LogP contribution in [0.2, 0.25) is 0 Å². The Balaban J connectivity index is 2.11. The highest BCUT2D eigenvalue weighted by Crippen LogP contribution is 2.32. The summed E-state index contributed by atoms with van der Waals surface area (Å²) in [5.74, 6) is 0.640. The minimum absolute atomic E-state index is 0.526. The average molecular weight is 272 g/mol. The maximum absolute atomic E-state index is 11.4. The van der Waals surface area contributed by atoms with E-state index in [1.54, 1.807) is 13.3 Å². The van der Waals surface area contributed by atoms with E-state index in [9.17, 15) is 9.90 Å². The van der Waals surface area contributed by atoms with Crippen molar-refractivity contribution in [3.8, 4) is 17.1 Å². The average Bonchev–Trinajstić information content (AvgIpc) is 2.91. The van der Waals surface area contributed by atoms with Crippen molar-refractivity contribution in [2.75, 3.05) is 7.11 Å². The van der Waals surface area contributed by atoms with Crippen LogP contribution >= 0.6 is 0 Å². The zero-order valence-corrected chi connectivity index (χ0v) is 11.2. The summed E-state index contributed by atoms with van der Waals surface area (Å²) in [6, 6.07) is 7.02. The van der Waals surface area contributed by atoms with Gasteiger partial charge >= 0.3 is 5.97 Å². The number of imidazole rings is 1. The lowest BCUT2D eigenvalue weighted by atomic mass is 10.0. The van der Waals surface area contributed by atoms with E-state index >= 15 is 0 Å². The third kappa shape index (κ3) is 2.05. The molecule has 0 spiro atoms. The van der Waals surface area contributed by atoms with Gasteiger partial charge in [-0.05, 0) is 31.4 Å². The van der Waals surface area contributed by atoms with E-state index in [1.165, 1.54) is 0 Å². The van der Waals surface area contributed by atoms with Gasteiger partial charge in [0.25, 0.3) is 0 Å². The summed E-state index contributed by atoms with van der Waals surface area (Å²) in [5, 5.41) is 9.40. The molecule has 1 aromatic carbocycles. The third-order valence-corrected chi connectivity index (χ3v) is 3.71. The second-order valence-electron chi connectivity index (χ2n) is 4.92. The third-order valence-electron chi connectivity index (χ3n) is 3.71. The highest BCUT2D eigenvalue weighted by atomic mass is 16.5. The van der Waals surface area contributed by atoms with E-state index in [2.05, 4.69) is 4.98 Å². The molecule has 5 heteroatoms. The van der Waals surface area contributed by atoms with Gasteiger partial charge in [-0.2, -0.15) is 0 Å². The van der Waals surface area contributed by atoms with Gasteiger partial charge in [0, 0.05) is 17.5 Å². The largest absolute Gasteiger partial charge is 0.497 e. The number of fused-ring (bicyclic) bond motifs is 1. The fourth-order valence-electron chi connectivity index (χ4n) is 2.74. The molecule has 1 aliphatic heterocycles. The Labute approximate surface area is 116 Å². The molecule has 104 valence electrons. The first kappa shape index (κ1) is 12.7. The van der Waals surface area contributed by atoms with Crippen molar-refractivity contribution in [1.29, 1.82) is 0 Å². The van der Waals surface area contributed by atoms with Crippen molar-refractivity contribution in [2.45, 2.75) is 25.3 Å². The van der Waals surface area contributed by atoms with Crippen LogP contribution in [0.1, 0.15) is 24.6 Å². The van der Waals surface area contributed by atoms with Crippen molar-refractivity contribution >= 4 is 5.97 Å². The van der Waals surface area contributed by atoms with Crippen molar-refractivity contribution in [3.05, 3.63) is 36.2 Å². The van der Waals surface area contributed by atoms with Gasteiger partial charge in [0.2, 0.25) is 0 Å². The van der Waals surface area contributed by atoms with Gasteiger partial charge in [0.15, 0.2) is 0 Å². The second kappa shape index (κ2) is 5.00. The quantitative estimate of drug-likeness (QED) is 0.932. The number of benzene rings is 1. The van der Waals surface area contributed by atoms with Crippen LogP contribution in [0.5, 0.6) is 5.75 Å². The van der Waals surface area contributed by atoms with Crippen molar-refractivity contribution in [1.82, 2.24) is 9.55 Å². The van der Waals surface area contributed by atoms with Crippen LogP contribution in [0.4, 0.5) is 0 Å². The molecular weight excluding hydrogens is 256 g/mol. The highest BCUT2D eigenvalue weighted by Gasteiger charge is 2.28. The smallest absolute Gasteiger partial charge is 0.326 e. The van der Waals surface area contributed by atoms with Gasteiger partial charge < -0.3 is 14.4 Å². The summed E-state index contributed by atoms with van der Waals surface area (Å²) in [6.45, 7) is 0. The summed E-state index contributed by atoms with van der Waals surface area (Å²) in [5.41, 5.74) is 1.87. The van der Waals surface area contributed by atoms with Gasteiger partial charge in [0.1, 0.15) is 17.6 Å². The van der Waals surface area contributed by atoms with Gasteiger partial charge in [-0.1, -0.05) is 12.1 Å². The summed E-state index contributed by atoms with van der Waals surface area (Å²) in [6.07, 6.45) is 4.19. The van der Waals surface area contributed by atoms with Gasteiger partial charge in [-0.25, -0.2) is 9.78 Å². The Kier molecular flexibility index (Phi) is 3.18. The van der Waals surface area contributed by atoms with Crippen LogP contribution in [-0.2, 0) is 11.2 Å². The number of aromatic nitrogens is 2. The van der Waals surface area contributed by atoms with E-state index in [1.807, 2.05) is 28.8 Å². The van der Waals surface area contributed by atoms with Gasteiger partial charge in [0.05, 0.1) is 7.11 Å². The predicted molar refractivity (Wildman–Crippen MR) is 73.8 cm³/mol. The topological polar surface area (TPSA) is 64.4 Å². The molecule has 0 bridgehead atoms. The number of rotatable bonds is 3. The van der Waals surface area contributed by atoms with E-state index in [4.69, 9.17) is 4.74 Å². The molecule has 1 aromatic heterocycles. The van der Waals surface area contributed by atoms with Crippen LogP contribution in [0.15, 0.2) is 30.5 Å². The maximum atomic E-state index is 11.4. The summed E-state index contributed by atoms with van der Waals surface area (Å²) < 4.78 is 7.07. The molecule has 0 radical (unpaired) electrons. The van der Waals surface area contributed by atoms with Crippen LogP contribution in [0.3, 0.4) is 0 Å². The molecule has 3 rings (SSSR count). The number of hydrogen-bond acceptors (Lipinski definition) is 3. The molecule has 2 aromatic rings. The Morgan fingerprint density at radius 3 is 3.10 bits per heavy atom. The number of hydrogen-bond donors (Lipinski definition) is 1.